The van der Waals surface area contributed by atoms with Crippen molar-refractivity contribution in [2.24, 2.45) is 0 Å². The van der Waals surface area contributed by atoms with Crippen LogP contribution < -0.4 is 5.32 Å². The van der Waals surface area contributed by atoms with E-state index in [2.05, 4.69) is 11.4 Å². The molecule has 0 aromatic heterocycles. The van der Waals surface area contributed by atoms with Crippen LogP contribution in [0.1, 0.15) is 55.7 Å². The lowest BCUT2D eigenvalue weighted by Gasteiger charge is -2.38. The van der Waals surface area contributed by atoms with Crippen molar-refractivity contribution < 1.29 is 14.3 Å². The molecule has 2 amide bonds. The van der Waals surface area contributed by atoms with Gasteiger partial charge >= 0.3 is 12.0 Å². The van der Waals surface area contributed by atoms with E-state index in [1.54, 1.807) is 0 Å². The van der Waals surface area contributed by atoms with Crippen molar-refractivity contribution in [1.82, 2.24) is 10.2 Å². The maximum absolute atomic E-state index is 12.8. The van der Waals surface area contributed by atoms with E-state index in [4.69, 9.17) is 4.74 Å². The van der Waals surface area contributed by atoms with E-state index in [1.807, 2.05) is 23.1 Å². The Labute approximate surface area is 143 Å². The third kappa shape index (κ3) is 3.71. The molecule has 3 rings (SSSR count). The van der Waals surface area contributed by atoms with Crippen LogP contribution in [0.5, 0.6) is 0 Å². The lowest BCUT2D eigenvalue weighted by Crippen LogP contribution is -2.49. The van der Waals surface area contributed by atoms with Gasteiger partial charge in [-0.1, -0.05) is 43.5 Å². The Balaban J connectivity index is 1.77. The van der Waals surface area contributed by atoms with Gasteiger partial charge in [-0.2, -0.15) is 0 Å². The highest BCUT2D eigenvalue weighted by molar-refractivity contribution is 5.77. The van der Waals surface area contributed by atoms with Gasteiger partial charge in [-0.05, 0) is 30.4 Å². The topological polar surface area (TPSA) is 58.6 Å². The highest BCUT2D eigenvalue weighted by Crippen LogP contribution is 2.32. The normalized spacial score (nSPS) is 21.0. The SMILES string of the molecule is COC(=O)C[C@@H]1c2ccccc2CCN1C(=O)NC1CCCCC1. The van der Waals surface area contributed by atoms with E-state index in [0.29, 0.717) is 6.54 Å². The van der Waals surface area contributed by atoms with Crippen LogP contribution in [-0.4, -0.2) is 36.6 Å². The number of benzene rings is 1. The van der Waals surface area contributed by atoms with Crippen molar-refractivity contribution in [3.63, 3.8) is 0 Å². The number of amides is 2. The highest BCUT2D eigenvalue weighted by Gasteiger charge is 2.33. The summed E-state index contributed by atoms with van der Waals surface area (Å²) >= 11 is 0. The number of carbonyl (C=O) groups is 2. The Bertz CT molecular complexity index is 596. The van der Waals surface area contributed by atoms with Gasteiger partial charge in [0.15, 0.2) is 0 Å². The molecule has 1 aliphatic heterocycles. The zero-order chi connectivity index (χ0) is 16.9. The molecule has 130 valence electrons. The number of nitrogens with one attached hydrogen (secondary N) is 1. The molecule has 1 N–H and O–H groups in total. The van der Waals surface area contributed by atoms with E-state index in [9.17, 15) is 9.59 Å². The molecular weight excluding hydrogens is 304 g/mol. The minimum Gasteiger partial charge on any atom is -0.469 e. The van der Waals surface area contributed by atoms with Crippen molar-refractivity contribution >= 4 is 12.0 Å². The molecule has 0 bridgehead atoms. The first kappa shape index (κ1) is 16.8. The third-order valence-corrected chi connectivity index (χ3v) is 5.19. The molecule has 1 saturated carbocycles. The molecule has 0 unspecified atom stereocenters. The number of rotatable bonds is 3. The van der Waals surface area contributed by atoms with Crippen molar-refractivity contribution in [3.05, 3.63) is 35.4 Å². The molecule has 5 nitrogen and oxygen atoms in total. The van der Waals surface area contributed by atoms with E-state index in [0.717, 1.165) is 24.8 Å². The maximum Gasteiger partial charge on any atom is 0.318 e. The van der Waals surface area contributed by atoms with Gasteiger partial charge in [0.25, 0.3) is 0 Å². The summed E-state index contributed by atoms with van der Waals surface area (Å²) in [6.45, 7) is 0.636. The van der Waals surface area contributed by atoms with Gasteiger partial charge in [0.05, 0.1) is 19.6 Å². The number of esters is 1. The standard InChI is InChI=1S/C19H26N2O3/c1-24-18(22)13-17-16-10-6-5-7-14(16)11-12-21(17)19(23)20-15-8-3-2-4-9-15/h5-7,10,15,17H,2-4,8-9,11-13H2,1H3,(H,20,23)/t17-/m1/s1. The Morgan fingerprint density at radius 3 is 2.71 bits per heavy atom. The van der Waals surface area contributed by atoms with Crippen LogP contribution >= 0.6 is 0 Å². The first-order chi connectivity index (χ1) is 11.7. The molecule has 0 saturated heterocycles. The molecule has 1 aromatic rings. The lowest BCUT2D eigenvalue weighted by atomic mass is 9.90. The number of ether oxygens (including phenoxy) is 1. The average Bonchev–Trinajstić information content (AvgIpc) is 2.62. The van der Waals surface area contributed by atoms with Crippen molar-refractivity contribution in [2.45, 2.75) is 57.0 Å². The minimum atomic E-state index is -0.285. The fourth-order valence-electron chi connectivity index (χ4n) is 3.86. The Morgan fingerprint density at radius 2 is 1.96 bits per heavy atom. The van der Waals surface area contributed by atoms with E-state index in [1.165, 1.54) is 31.9 Å². The number of urea groups is 1. The van der Waals surface area contributed by atoms with E-state index in [-0.39, 0.29) is 30.5 Å². The Kier molecular flexibility index (Phi) is 5.38. The quantitative estimate of drug-likeness (QED) is 0.866. The van der Waals surface area contributed by atoms with Gasteiger partial charge in [-0.25, -0.2) is 4.79 Å². The van der Waals surface area contributed by atoms with E-state index >= 15 is 0 Å². The molecule has 0 spiro atoms. The number of carbonyl (C=O) groups excluding carboxylic acids is 2. The fourth-order valence-corrected chi connectivity index (χ4v) is 3.86. The second-order valence-corrected chi connectivity index (χ2v) is 6.72. The minimum absolute atomic E-state index is 0.0506. The number of hydrogen-bond donors (Lipinski definition) is 1. The summed E-state index contributed by atoms with van der Waals surface area (Å²) in [6.07, 6.45) is 6.75. The smallest absolute Gasteiger partial charge is 0.318 e. The third-order valence-electron chi connectivity index (χ3n) is 5.19. The Morgan fingerprint density at radius 1 is 1.21 bits per heavy atom. The van der Waals surface area contributed by atoms with Crippen LogP contribution in [0.2, 0.25) is 0 Å². The van der Waals surface area contributed by atoms with Crippen molar-refractivity contribution in [3.8, 4) is 0 Å². The van der Waals surface area contributed by atoms with Crippen LogP contribution in [-0.2, 0) is 16.0 Å². The van der Waals surface area contributed by atoms with Gasteiger partial charge in [-0.15, -0.1) is 0 Å². The molecule has 1 heterocycles. The second-order valence-electron chi connectivity index (χ2n) is 6.72. The van der Waals surface area contributed by atoms with Gasteiger partial charge < -0.3 is 15.0 Å². The molecule has 0 radical (unpaired) electrons. The summed E-state index contributed by atoms with van der Waals surface area (Å²) in [7, 11) is 1.39. The first-order valence-electron chi connectivity index (χ1n) is 8.91. The number of hydrogen-bond acceptors (Lipinski definition) is 3. The summed E-state index contributed by atoms with van der Waals surface area (Å²) < 4.78 is 4.85. The molecule has 24 heavy (non-hydrogen) atoms. The number of fused-ring (bicyclic) bond motifs is 1. The summed E-state index contributed by atoms with van der Waals surface area (Å²) in [4.78, 5) is 26.5. The van der Waals surface area contributed by atoms with Gasteiger partial charge in [0.1, 0.15) is 0 Å². The van der Waals surface area contributed by atoms with Crippen LogP contribution in [0.25, 0.3) is 0 Å². The zero-order valence-corrected chi connectivity index (χ0v) is 14.3. The molecule has 1 aromatic carbocycles. The molecular formula is C19H26N2O3. The Hall–Kier alpha value is -2.04. The molecule has 1 fully saturated rings. The maximum atomic E-state index is 12.8. The average molecular weight is 330 g/mol. The fraction of sp³-hybridized carbons (Fsp3) is 0.579. The zero-order valence-electron chi connectivity index (χ0n) is 14.3. The summed E-state index contributed by atoms with van der Waals surface area (Å²) in [5.41, 5.74) is 2.28. The summed E-state index contributed by atoms with van der Waals surface area (Å²) in [5, 5.41) is 3.18. The van der Waals surface area contributed by atoms with Crippen LogP contribution in [0.4, 0.5) is 4.79 Å². The van der Waals surface area contributed by atoms with E-state index < -0.39 is 0 Å². The van der Waals surface area contributed by atoms with Gasteiger partial charge in [0.2, 0.25) is 0 Å². The molecule has 1 aliphatic carbocycles. The molecule has 5 heteroatoms. The highest BCUT2D eigenvalue weighted by atomic mass is 16.5. The van der Waals surface area contributed by atoms with Gasteiger partial charge in [0, 0.05) is 12.6 Å². The monoisotopic (exact) mass is 330 g/mol. The first-order valence-corrected chi connectivity index (χ1v) is 8.91. The van der Waals surface area contributed by atoms with Crippen molar-refractivity contribution in [2.75, 3.05) is 13.7 Å². The second kappa shape index (κ2) is 7.69. The predicted molar refractivity (Wildman–Crippen MR) is 91.6 cm³/mol. The predicted octanol–water partition coefficient (Wildman–Crippen LogP) is 3.19. The molecule has 1 atom stereocenters. The number of methoxy groups -OCH3 is 1. The van der Waals surface area contributed by atoms with Crippen molar-refractivity contribution in [1.29, 1.82) is 0 Å². The summed E-state index contributed by atoms with van der Waals surface area (Å²) in [6, 6.07) is 8.04. The lowest BCUT2D eigenvalue weighted by molar-refractivity contribution is -0.141. The largest absolute Gasteiger partial charge is 0.469 e. The van der Waals surface area contributed by atoms with Gasteiger partial charge in [-0.3, -0.25) is 4.79 Å². The van der Waals surface area contributed by atoms with Crippen LogP contribution in [0, 0.1) is 0 Å². The van der Waals surface area contributed by atoms with Crippen LogP contribution in [0.3, 0.4) is 0 Å². The van der Waals surface area contributed by atoms with Crippen LogP contribution in [0.15, 0.2) is 24.3 Å². The number of nitrogens with zero attached hydrogens (tertiary/aromatic N) is 1. The summed E-state index contributed by atoms with van der Waals surface area (Å²) in [5.74, 6) is -0.285. The molecule has 2 aliphatic rings.